The number of ether oxygens (including phenoxy) is 1. The number of rotatable bonds is 5. The van der Waals surface area contributed by atoms with Crippen LogP contribution in [0, 0.1) is 5.92 Å². The number of anilines is 1. The third kappa shape index (κ3) is 2.38. The quantitative estimate of drug-likeness (QED) is 0.832. The number of aromatic nitrogens is 2. The van der Waals surface area contributed by atoms with E-state index >= 15 is 0 Å². The molecule has 0 bridgehead atoms. The number of hydrogen-bond donors (Lipinski definition) is 1. The van der Waals surface area contributed by atoms with Crippen molar-refractivity contribution in [1.82, 2.24) is 9.55 Å². The Labute approximate surface area is 97.0 Å². The molecule has 0 amide bonds. The maximum atomic E-state index is 5.17. The van der Waals surface area contributed by atoms with Crippen molar-refractivity contribution in [2.24, 2.45) is 5.92 Å². The minimum atomic E-state index is 0.326. The lowest BCUT2D eigenvalue weighted by molar-refractivity contribution is 0.162. The van der Waals surface area contributed by atoms with Crippen LogP contribution in [0.5, 0.6) is 0 Å². The van der Waals surface area contributed by atoms with Crippen LogP contribution in [-0.2, 0) is 4.74 Å². The molecule has 0 aromatic carbocycles. The largest absolute Gasteiger partial charge is 0.383 e. The van der Waals surface area contributed by atoms with Crippen LogP contribution in [0.3, 0.4) is 0 Å². The first-order chi connectivity index (χ1) is 7.70. The summed E-state index contributed by atoms with van der Waals surface area (Å²) in [5.74, 6) is 1.83. The van der Waals surface area contributed by atoms with Gasteiger partial charge >= 0.3 is 0 Å². The average Bonchev–Trinajstić information content (AvgIpc) is 2.64. The zero-order chi connectivity index (χ0) is 11.5. The van der Waals surface area contributed by atoms with E-state index in [1.165, 1.54) is 12.8 Å². The summed E-state index contributed by atoms with van der Waals surface area (Å²) in [5, 5.41) is 3.49. The third-order valence-corrected chi connectivity index (χ3v) is 3.26. The van der Waals surface area contributed by atoms with E-state index in [9.17, 15) is 0 Å². The summed E-state index contributed by atoms with van der Waals surface area (Å²) in [4.78, 5) is 4.36. The SMILES string of the molecule is COCC(C)n1ccnc1NC1CC(C)C1. The Morgan fingerprint density at radius 1 is 1.62 bits per heavy atom. The lowest BCUT2D eigenvalue weighted by Gasteiger charge is -2.34. The number of nitrogens with zero attached hydrogens (tertiary/aromatic N) is 2. The monoisotopic (exact) mass is 223 g/mol. The highest BCUT2D eigenvalue weighted by Gasteiger charge is 2.26. The number of hydrogen-bond acceptors (Lipinski definition) is 3. The fraction of sp³-hybridized carbons (Fsp3) is 0.750. The van der Waals surface area contributed by atoms with Gasteiger partial charge < -0.3 is 14.6 Å². The lowest BCUT2D eigenvalue weighted by Crippen LogP contribution is -2.35. The van der Waals surface area contributed by atoms with Gasteiger partial charge in [0.1, 0.15) is 0 Å². The van der Waals surface area contributed by atoms with Crippen molar-refractivity contribution in [3.63, 3.8) is 0 Å². The van der Waals surface area contributed by atoms with Crippen LogP contribution in [0.4, 0.5) is 5.95 Å². The zero-order valence-corrected chi connectivity index (χ0v) is 10.3. The van der Waals surface area contributed by atoms with Crippen LogP contribution in [0.15, 0.2) is 12.4 Å². The molecular weight excluding hydrogens is 202 g/mol. The molecule has 0 radical (unpaired) electrons. The molecule has 90 valence electrons. The molecule has 0 spiro atoms. The van der Waals surface area contributed by atoms with E-state index in [0.29, 0.717) is 18.7 Å². The molecule has 1 saturated carbocycles. The molecule has 0 saturated heterocycles. The van der Waals surface area contributed by atoms with E-state index in [0.717, 1.165) is 11.9 Å². The van der Waals surface area contributed by atoms with E-state index in [2.05, 4.69) is 28.7 Å². The summed E-state index contributed by atoms with van der Waals surface area (Å²) in [5.41, 5.74) is 0. The molecule has 2 rings (SSSR count). The zero-order valence-electron chi connectivity index (χ0n) is 10.3. The van der Waals surface area contributed by atoms with Gasteiger partial charge in [-0.2, -0.15) is 0 Å². The highest BCUT2D eigenvalue weighted by Crippen LogP contribution is 2.29. The fourth-order valence-electron chi connectivity index (χ4n) is 2.30. The molecule has 4 heteroatoms. The van der Waals surface area contributed by atoms with Gasteiger partial charge in [-0.15, -0.1) is 0 Å². The van der Waals surface area contributed by atoms with Crippen molar-refractivity contribution in [3.8, 4) is 0 Å². The molecule has 1 aromatic rings. The van der Waals surface area contributed by atoms with Crippen LogP contribution in [0.25, 0.3) is 0 Å². The Morgan fingerprint density at radius 3 is 3.00 bits per heavy atom. The normalized spacial score (nSPS) is 26.2. The van der Waals surface area contributed by atoms with Gasteiger partial charge in [0.25, 0.3) is 0 Å². The molecule has 0 aliphatic heterocycles. The highest BCUT2D eigenvalue weighted by atomic mass is 16.5. The Balaban J connectivity index is 1.96. The van der Waals surface area contributed by atoms with Crippen LogP contribution in [-0.4, -0.2) is 29.3 Å². The topological polar surface area (TPSA) is 39.1 Å². The summed E-state index contributed by atoms with van der Waals surface area (Å²) in [6.45, 7) is 5.14. The van der Waals surface area contributed by atoms with Crippen molar-refractivity contribution >= 4 is 5.95 Å². The molecule has 1 atom stereocenters. The van der Waals surface area contributed by atoms with Crippen LogP contribution < -0.4 is 5.32 Å². The number of imidazole rings is 1. The van der Waals surface area contributed by atoms with E-state index in [1.807, 2.05) is 12.4 Å². The minimum absolute atomic E-state index is 0.326. The minimum Gasteiger partial charge on any atom is -0.383 e. The molecule has 1 aliphatic carbocycles. The standard InChI is InChI=1S/C12H21N3O/c1-9-6-11(7-9)14-12-13-4-5-15(12)10(2)8-16-3/h4-5,9-11H,6-8H2,1-3H3,(H,13,14). The van der Waals surface area contributed by atoms with E-state index in [-0.39, 0.29) is 0 Å². The molecule has 1 heterocycles. The molecule has 1 aliphatic rings. The molecule has 4 nitrogen and oxygen atoms in total. The summed E-state index contributed by atoms with van der Waals surface area (Å²) < 4.78 is 7.31. The summed E-state index contributed by atoms with van der Waals surface area (Å²) in [6.07, 6.45) is 6.36. The third-order valence-electron chi connectivity index (χ3n) is 3.26. The van der Waals surface area contributed by atoms with Gasteiger partial charge in [0.15, 0.2) is 0 Å². The van der Waals surface area contributed by atoms with Gasteiger partial charge in [-0.05, 0) is 25.7 Å². The van der Waals surface area contributed by atoms with Gasteiger partial charge in [0, 0.05) is 25.5 Å². The predicted octanol–water partition coefficient (Wildman–Crippen LogP) is 2.30. The predicted molar refractivity (Wildman–Crippen MR) is 64.6 cm³/mol. The maximum absolute atomic E-state index is 5.17. The van der Waals surface area contributed by atoms with E-state index in [1.54, 1.807) is 7.11 Å². The van der Waals surface area contributed by atoms with Crippen molar-refractivity contribution in [2.45, 2.75) is 38.8 Å². The van der Waals surface area contributed by atoms with E-state index < -0.39 is 0 Å². The second kappa shape index (κ2) is 4.87. The summed E-state index contributed by atoms with van der Waals surface area (Å²) >= 11 is 0. The molecule has 1 unspecified atom stereocenters. The summed E-state index contributed by atoms with van der Waals surface area (Å²) in [7, 11) is 1.73. The van der Waals surface area contributed by atoms with Crippen molar-refractivity contribution < 1.29 is 4.74 Å². The van der Waals surface area contributed by atoms with Gasteiger partial charge in [-0.3, -0.25) is 0 Å². The Hall–Kier alpha value is -1.03. The highest BCUT2D eigenvalue weighted by molar-refractivity contribution is 5.29. The van der Waals surface area contributed by atoms with Gasteiger partial charge in [0.05, 0.1) is 12.6 Å². The maximum Gasteiger partial charge on any atom is 0.203 e. The average molecular weight is 223 g/mol. The first kappa shape index (κ1) is 11.5. The second-order valence-electron chi connectivity index (χ2n) is 4.88. The van der Waals surface area contributed by atoms with Gasteiger partial charge in [0.2, 0.25) is 5.95 Å². The smallest absolute Gasteiger partial charge is 0.203 e. The number of nitrogens with one attached hydrogen (secondary N) is 1. The second-order valence-corrected chi connectivity index (χ2v) is 4.88. The van der Waals surface area contributed by atoms with Crippen LogP contribution >= 0.6 is 0 Å². The molecule has 1 N–H and O–H groups in total. The van der Waals surface area contributed by atoms with Crippen molar-refractivity contribution in [3.05, 3.63) is 12.4 Å². The molecular formula is C12H21N3O. The lowest BCUT2D eigenvalue weighted by atomic mass is 9.82. The van der Waals surface area contributed by atoms with Gasteiger partial charge in [-0.25, -0.2) is 4.98 Å². The van der Waals surface area contributed by atoms with E-state index in [4.69, 9.17) is 4.74 Å². The van der Waals surface area contributed by atoms with Crippen LogP contribution in [0.1, 0.15) is 32.7 Å². The fourth-order valence-corrected chi connectivity index (χ4v) is 2.30. The molecule has 16 heavy (non-hydrogen) atoms. The Morgan fingerprint density at radius 2 is 2.38 bits per heavy atom. The Bertz CT molecular complexity index is 331. The molecule has 1 aromatic heterocycles. The van der Waals surface area contributed by atoms with Crippen molar-refractivity contribution in [2.75, 3.05) is 19.0 Å². The first-order valence-corrected chi connectivity index (χ1v) is 5.99. The first-order valence-electron chi connectivity index (χ1n) is 5.99. The number of methoxy groups -OCH3 is 1. The van der Waals surface area contributed by atoms with Gasteiger partial charge in [-0.1, -0.05) is 6.92 Å². The van der Waals surface area contributed by atoms with Crippen molar-refractivity contribution in [1.29, 1.82) is 0 Å². The Kier molecular flexibility index (Phi) is 3.49. The molecule has 1 fully saturated rings. The summed E-state index contributed by atoms with van der Waals surface area (Å²) in [6, 6.07) is 0.929. The van der Waals surface area contributed by atoms with Crippen LogP contribution in [0.2, 0.25) is 0 Å².